The van der Waals surface area contributed by atoms with Gasteiger partial charge in [-0.1, -0.05) is 36.8 Å². The van der Waals surface area contributed by atoms with E-state index in [4.69, 9.17) is 0 Å². The Kier molecular flexibility index (Phi) is 5.91. The van der Waals surface area contributed by atoms with E-state index < -0.39 is 11.6 Å². The van der Waals surface area contributed by atoms with Crippen LogP contribution in [-0.2, 0) is 4.79 Å². The zero-order valence-electron chi connectivity index (χ0n) is 17.2. The zero-order valence-corrected chi connectivity index (χ0v) is 17.2. The van der Waals surface area contributed by atoms with Crippen LogP contribution in [0.15, 0.2) is 29.3 Å². The van der Waals surface area contributed by atoms with Gasteiger partial charge in [-0.15, -0.1) is 0 Å². The Morgan fingerprint density at radius 3 is 2.46 bits per heavy atom. The Morgan fingerprint density at radius 1 is 1.29 bits per heavy atom. The van der Waals surface area contributed by atoms with Crippen LogP contribution in [0.2, 0.25) is 0 Å². The summed E-state index contributed by atoms with van der Waals surface area (Å²) in [6.45, 7) is 8.55. The number of imide groups is 1. The van der Waals surface area contributed by atoms with E-state index in [0.29, 0.717) is 5.92 Å². The first-order chi connectivity index (χ1) is 13.3. The number of carbonyl (C=O) groups excluding carboxylic acids is 2. The van der Waals surface area contributed by atoms with Crippen LogP contribution in [0.3, 0.4) is 0 Å². The molecule has 3 N–H and O–H groups in total. The quantitative estimate of drug-likeness (QED) is 0.420. The summed E-state index contributed by atoms with van der Waals surface area (Å²) in [6.07, 6.45) is 1.66. The molecule has 2 saturated heterocycles. The molecule has 0 aromatic heterocycles. The number of nitrogens with one attached hydrogen (secondary N) is 3. The molecule has 2 aliphatic rings. The van der Waals surface area contributed by atoms with Gasteiger partial charge >= 0.3 is 6.03 Å². The van der Waals surface area contributed by atoms with E-state index in [1.807, 2.05) is 6.92 Å². The number of rotatable bonds is 4. The monoisotopic (exact) mass is 385 g/mol. The molecule has 2 heterocycles. The van der Waals surface area contributed by atoms with Gasteiger partial charge in [-0.2, -0.15) is 0 Å². The standard InChI is InChI=1S/C21H31N5O2/c1-14-5-7-16(8-6-14)15(2)13-23-19(22-4)26-11-9-17(10-12-26)21(3)18(27)24-20(28)25-21/h5-8,15,17H,9-13H2,1-4H3,(H,22,23)(H2,24,25,27,28). The van der Waals surface area contributed by atoms with Crippen molar-refractivity contribution in [2.45, 2.75) is 45.1 Å². The van der Waals surface area contributed by atoms with E-state index in [1.165, 1.54) is 11.1 Å². The molecule has 3 rings (SSSR count). The first-order valence-corrected chi connectivity index (χ1v) is 9.99. The van der Waals surface area contributed by atoms with Crippen LogP contribution in [0.5, 0.6) is 0 Å². The Hall–Kier alpha value is -2.57. The molecule has 0 aliphatic carbocycles. The fourth-order valence-corrected chi connectivity index (χ4v) is 4.10. The number of hydrogen-bond acceptors (Lipinski definition) is 3. The molecule has 3 amide bonds. The minimum absolute atomic E-state index is 0.125. The lowest BCUT2D eigenvalue weighted by atomic mass is 9.79. The lowest BCUT2D eigenvalue weighted by Crippen LogP contribution is -2.55. The Morgan fingerprint density at radius 2 is 1.93 bits per heavy atom. The molecule has 0 spiro atoms. The number of guanidine groups is 1. The van der Waals surface area contributed by atoms with Crippen LogP contribution >= 0.6 is 0 Å². The van der Waals surface area contributed by atoms with Crippen LogP contribution in [0, 0.1) is 12.8 Å². The number of amides is 3. The van der Waals surface area contributed by atoms with E-state index in [0.717, 1.165) is 38.4 Å². The molecule has 0 bridgehead atoms. The van der Waals surface area contributed by atoms with Crippen molar-refractivity contribution in [2.75, 3.05) is 26.7 Å². The molecule has 2 unspecified atom stereocenters. The van der Waals surface area contributed by atoms with E-state index in [2.05, 4.69) is 64.0 Å². The summed E-state index contributed by atoms with van der Waals surface area (Å²) in [5.41, 5.74) is 1.77. The lowest BCUT2D eigenvalue weighted by Gasteiger charge is -2.39. The molecule has 7 heteroatoms. The highest BCUT2D eigenvalue weighted by Gasteiger charge is 2.48. The molecule has 2 aliphatic heterocycles. The topological polar surface area (TPSA) is 85.8 Å². The van der Waals surface area contributed by atoms with Gasteiger partial charge in [0.2, 0.25) is 0 Å². The fourth-order valence-electron chi connectivity index (χ4n) is 4.10. The van der Waals surface area contributed by atoms with E-state index in [-0.39, 0.29) is 11.8 Å². The average molecular weight is 386 g/mol. The van der Waals surface area contributed by atoms with Crippen molar-refractivity contribution in [1.29, 1.82) is 0 Å². The first-order valence-electron chi connectivity index (χ1n) is 9.99. The lowest BCUT2D eigenvalue weighted by molar-refractivity contribution is -0.125. The summed E-state index contributed by atoms with van der Waals surface area (Å²) >= 11 is 0. The van der Waals surface area contributed by atoms with Gasteiger partial charge in [-0.25, -0.2) is 4.79 Å². The number of aliphatic imine (C=N–C) groups is 1. The summed E-state index contributed by atoms with van der Waals surface area (Å²) in [4.78, 5) is 30.4. The van der Waals surface area contributed by atoms with Crippen molar-refractivity contribution in [3.63, 3.8) is 0 Å². The van der Waals surface area contributed by atoms with Crippen molar-refractivity contribution in [3.05, 3.63) is 35.4 Å². The van der Waals surface area contributed by atoms with Crippen LogP contribution in [0.25, 0.3) is 0 Å². The number of carbonyl (C=O) groups is 2. The summed E-state index contributed by atoms with van der Waals surface area (Å²) in [5.74, 6) is 1.18. The maximum absolute atomic E-state index is 12.2. The molecule has 0 saturated carbocycles. The SMILES string of the molecule is CN=C(NCC(C)c1ccc(C)cc1)N1CCC(C2(C)NC(=O)NC2=O)CC1. The second kappa shape index (κ2) is 8.20. The summed E-state index contributed by atoms with van der Waals surface area (Å²) in [5, 5.41) is 8.66. The normalized spacial score (nSPS) is 24.7. The predicted octanol–water partition coefficient (Wildman–Crippen LogP) is 1.98. The smallest absolute Gasteiger partial charge is 0.322 e. The van der Waals surface area contributed by atoms with Crippen molar-refractivity contribution < 1.29 is 9.59 Å². The first kappa shape index (κ1) is 20.2. The Balaban J connectivity index is 1.53. The van der Waals surface area contributed by atoms with Gasteiger partial charge in [-0.3, -0.25) is 15.1 Å². The van der Waals surface area contributed by atoms with Crippen LogP contribution in [-0.4, -0.2) is 55.0 Å². The van der Waals surface area contributed by atoms with E-state index in [9.17, 15) is 9.59 Å². The minimum Gasteiger partial charge on any atom is -0.356 e. The Labute approximate surface area is 167 Å². The second-order valence-electron chi connectivity index (χ2n) is 8.11. The number of piperidine rings is 1. The van der Waals surface area contributed by atoms with Gasteiger partial charge in [-0.05, 0) is 44.1 Å². The number of aryl methyl sites for hydroxylation is 1. The van der Waals surface area contributed by atoms with Crippen LogP contribution in [0.4, 0.5) is 4.79 Å². The fraction of sp³-hybridized carbons (Fsp3) is 0.571. The average Bonchev–Trinajstić information content (AvgIpc) is 2.95. The largest absolute Gasteiger partial charge is 0.356 e. The van der Waals surface area contributed by atoms with Crippen molar-refractivity contribution in [1.82, 2.24) is 20.9 Å². The maximum atomic E-state index is 12.2. The van der Waals surface area contributed by atoms with Gasteiger partial charge < -0.3 is 15.5 Å². The van der Waals surface area contributed by atoms with Crippen molar-refractivity contribution >= 4 is 17.9 Å². The van der Waals surface area contributed by atoms with Gasteiger partial charge in [0, 0.05) is 26.7 Å². The van der Waals surface area contributed by atoms with Crippen LogP contribution in [0.1, 0.15) is 43.7 Å². The molecule has 152 valence electrons. The third-order valence-electron chi connectivity index (χ3n) is 6.11. The number of urea groups is 1. The van der Waals surface area contributed by atoms with Gasteiger partial charge in [0.15, 0.2) is 5.96 Å². The second-order valence-corrected chi connectivity index (χ2v) is 8.11. The Bertz CT molecular complexity index is 753. The summed E-state index contributed by atoms with van der Waals surface area (Å²) < 4.78 is 0. The third-order valence-corrected chi connectivity index (χ3v) is 6.11. The molecule has 2 fully saturated rings. The molecule has 7 nitrogen and oxygen atoms in total. The predicted molar refractivity (Wildman–Crippen MR) is 110 cm³/mol. The molecule has 0 radical (unpaired) electrons. The van der Waals surface area contributed by atoms with E-state index >= 15 is 0 Å². The van der Waals surface area contributed by atoms with Crippen molar-refractivity contribution in [2.24, 2.45) is 10.9 Å². The molecule has 1 aromatic rings. The minimum atomic E-state index is -0.805. The van der Waals surface area contributed by atoms with Gasteiger partial charge in [0.05, 0.1) is 0 Å². The van der Waals surface area contributed by atoms with Crippen molar-refractivity contribution in [3.8, 4) is 0 Å². The molecule has 2 atom stereocenters. The highest BCUT2D eigenvalue weighted by Crippen LogP contribution is 2.30. The number of nitrogens with zero attached hydrogens (tertiary/aromatic N) is 2. The highest BCUT2D eigenvalue weighted by molar-refractivity contribution is 6.07. The highest BCUT2D eigenvalue weighted by atomic mass is 16.2. The number of hydrogen-bond donors (Lipinski definition) is 3. The molecule has 1 aromatic carbocycles. The van der Waals surface area contributed by atoms with Gasteiger partial charge in [0.25, 0.3) is 5.91 Å². The number of likely N-dealkylation sites (tertiary alicyclic amines) is 1. The molecular formula is C21H31N5O2. The summed E-state index contributed by atoms with van der Waals surface area (Å²) in [6, 6.07) is 8.25. The summed E-state index contributed by atoms with van der Waals surface area (Å²) in [7, 11) is 1.80. The van der Waals surface area contributed by atoms with E-state index in [1.54, 1.807) is 7.05 Å². The maximum Gasteiger partial charge on any atom is 0.322 e. The van der Waals surface area contributed by atoms with Crippen LogP contribution < -0.4 is 16.0 Å². The van der Waals surface area contributed by atoms with Gasteiger partial charge in [0.1, 0.15) is 5.54 Å². The number of benzene rings is 1. The zero-order chi connectivity index (χ0) is 20.3. The third kappa shape index (κ3) is 4.13. The molecular weight excluding hydrogens is 354 g/mol. The molecule has 28 heavy (non-hydrogen) atoms.